The second kappa shape index (κ2) is 7.43. The van der Waals surface area contributed by atoms with Crippen LogP contribution in [0.3, 0.4) is 0 Å². The first-order valence-electron chi connectivity index (χ1n) is 7.24. The Bertz CT molecular complexity index is 466. The smallest absolute Gasteiger partial charge is 0.222 e. The fraction of sp³-hybridized carbons (Fsp3) is 0.643. The third-order valence-corrected chi connectivity index (χ3v) is 3.49. The topological polar surface area (TPSA) is 58.1 Å². The highest BCUT2D eigenvalue weighted by Crippen LogP contribution is 2.13. The van der Waals surface area contributed by atoms with E-state index in [2.05, 4.69) is 22.2 Å². The first-order valence-corrected chi connectivity index (χ1v) is 7.62. The molecule has 0 radical (unpaired) electrons. The van der Waals surface area contributed by atoms with Crippen LogP contribution in [0.5, 0.6) is 0 Å². The number of anilines is 1. The fourth-order valence-electron chi connectivity index (χ4n) is 2.32. The average Bonchev–Trinajstić information content (AvgIpc) is 2.80. The summed E-state index contributed by atoms with van der Waals surface area (Å²) in [7, 11) is 0. The molecule has 0 aliphatic carbocycles. The van der Waals surface area contributed by atoms with E-state index in [4.69, 9.17) is 11.6 Å². The molecule has 1 aliphatic rings. The summed E-state index contributed by atoms with van der Waals surface area (Å²) in [5.41, 5.74) is 0. The highest BCUT2D eigenvalue weighted by molar-refractivity contribution is 6.29. The number of aryl methyl sites for hydroxylation is 1. The standard InChI is InChI=1S/C14H21ClN4O/c1-2-5-12-17-11(15)10-13(18-12)16-7-4-9-19-8-3-6-14(19)20/h10H,2-9H2,1H3,(H,16,17,18). The zero-order chi connectivity index (χ0) is 14.4. The molecule has 1 aliphatic heterocycles. The van der Waals surface area contributed by atoms with Gasteiger partial charge < -0.3 is 10.2 Å². The molecule has 1 aromatic rings. The van der Waals surface area contributed by atoms with Crippen molar-refractivity contribution in [3.63, 3.8) is 0 Å². The summed E-state index contributed by atoms with van der Waals surface area (Å²) in [6.45, 7) is 4.58. The number of nitrogens with one attached hydrogen (secondary N) is 1. The zero-order valence-corrected chi connectivity index (χ0v) is 12.6. The Hall–Kier alpha value is -1.36. The van der Waals surface area contributed by atoms with Crippen LogP contribution in [0.2, 0.25) is 5.15 Å². The normalized spacial score (nSPS) is 14.9. The van der Waals surface area contributed by atoms with E-state index in [0.29, 0.717) is 11.6 Å². The quantitative estimate of drug-likeness (QED) is 0.620. The lowest BCUT2D eigenvalue weighted by Gasteiger charge is -2.15. The molecule has 20 heavy (non-hydrogen) atoms. The van der Waals surface area contributed by atoms with E-state index >= 15 is 0 Å². The molecule has 0 saturated carbocycles. The number of likely N-dealkylation sites (tertiary alicyclic amines) is 1. The predicted octanol–water partition coefficient (Wildman–Crippen LogP) is 2.51. The molecule has 0 bridgehead atoms. The molecule has 6 heteroatoms. The van der Waals surface area contributed by atoms with Gasteiger partial charge >= 0.3 is 0 Å². The van der Waals surface area contributed by atoms with Gasteiger partial charge in [-0.2, -0.15) is 0 Å². The molecule has 1 amide bonds. The van der Waals surface area contributed by atoms with E-state index in [1.165, 1.54) is 0 Å². The van der Waals surface area contributed by atoms with Crippen molar-refractivity contribution in [2.45, 2.75) is 39.0 Å². The van der Waals surface area contributed by atoms with Gasteiger partial charge in [-0.05, 0) is 19.3 Å². The third kappa shape index (κ3) is 4.34. The lowest BCUT2D eigenvalue weighted by molar-refractivity contribution is -0.127. The van der Waals surface area contributed by atoms with E-state index in [9.17, 15) is 4.79 Å². The van der Waals surface area contributed by atoms with Gasteiger partial charge in [-0.25, -0.2) is 9.97 Å². The molecule has 0 atom stereocenters. The van der Waals surface area contributed by atoms with Gasteiger partial charge in [0.05, 0.1) is 0 Å². The number of hydrogen-bond donors (Lipinski definition) is 1. The summed E-state index contributed by atoms with van der Waals surface area (Å²) in [4.78, 5) is 22.0. The van der Waals surface area contributed by atoms with Crippen LogP contribution in [0.25, 0.3) is 0 Å². The van der Waals surface area contributed by atoms with Crippen LogP contribution in [0, 0.1) is 0 Å². The van der Waals surface area contributed by atoms with E-state index < -0.39 is 0 Å². The molecule has 5 nitrogen and oxygen atoms in total. The Kier molecular flexibility index (Phi) is 5.59. The molecule has 0 aromatic carbocycles. The van der Waals surface area contributed by atoms with Crippen LogP contribution >= 0.6 is 11.6 Å². The first kappa shape index (κ1) is 15.0. The molecular formula is C14H21ClN4O. The van der Waals surface area contributed by atoms with Crippen molar-refractivity contribution < 1.29 is 4.79 Å². The maximum atomic E-state index is 11.5. The Morgan fingerprint density at radius 2 is 2.30 bits per heavy atom. The van der Waals surface area contributed by atoms with Crippen LogP contribution in [-0.4, -0.2) is 40.4 Å². The maximum Gasteiger partial charge on any atom is 0.222 e. The SMILES string of the molecule is CCCc1nc(Cl)cc(NCCCN2CCCC2=O)n1. The van der Waals surface area contributed by atoms with Crippen molar-refractivity contribution in [1.29, 1.82) is 0 Å². The lowest BCUT2D eigenvalue weighted by Crippen LogP contribution is -2.27. The molecule has 1 saturated heterocycles. The monoisotopic (exact) mass is 296 g/mol. The summed E-state index contributed by atoms with van der Waals surface area (Å²) in [6.07, 6.45) is 4.44. The summed E-state index contributed by atoms with van der Waals surface area (Å²) < 4.78 is 0. The highest BCUT2D eigenvalue weighted by Gasteiger charge is 2.18. The van der Waals surface area contributed by atoms with E-state index in [1.54, 1.807) is 6.07 Å². The van der Waals surface area contributed by atoms with Gasteiger partial charge in [-0.3, -0.25) is 4.79 Å². The predicted molar refractivity (Wildman–Crippen MR) is 80.0 cm³/mol. The summed E-state index contributed by atoms with van der Waals surface area (Å²) >= 11 is 5.98. The number of amides is 1. The van der Waals surface area contributed by atoms with Crippen LogP contribution in [0.15, 0.2) is 6.07 Å². The van der Waals surface area contributed by atoms with Gasteiger partial charge in [-0.15, -0.1) is 0 Å². The maximum absolute atomic E-state index is 11.5. The highest BCUT2D eigenvalue weighted by atomic mass is 35.5. The van der Waals surface area contributed by atoms with Gasteiger partial charge in [0.2, 0.25) is 5.91 Å². The molecule has 1 fully saturated rings. The van der Waals surface area contributed by atoms with E-state index in [0.717, 1.165) is 57.0 Å². The van der Waals surface area contributed by atoms with Gasteiger partial charge in [0.25, 0.3) is 0 Å². The number of rotatable bonds is 7. The van der Waals surface area contributed by atoms with Gasteiger partial charge in [0.15, 0.2) is 0 Å². The third-order valence-electron chi connectivity index (χ3n) is 3.30. The van der Waals surface area contributed by atoms with Crippen molar-refractivity contribution in [2.75, 3.05) is 25.0 Å². The summed E-state index contributed by atoms with van der Waals surface area (Å²) in [5, 5.41) is 3.72. The zero-order valence-electron chi connectivity index (χ0n) is 11.9. The van der Waals surface area contributed by atoms with Gasteiger partial charge in [0.1, 0.15) is 16.8 Å². The Morgan fingerprint density at radius 1 is 1.45 bits per heavy atom. The van der Waals surface area contributed by atoms with Crippen molar-refractivity contribution >= 4 is 23.3 Å². The average molecular weight is 297 g/mol. The molecule has 110 valence electrons. The second-order valence-electron chi connectivity index (χ2n) is 5.01. The van der Waals surface area contributed by atoms with E-state index in [-0.39, 0.29) is 5.91 Å². The molecule has 0 spiro atoms. The van der Waals surface area contributed by atoms with Crippen LogP contribution in [0.1, 0.15) is 38.4 Å². The van der Waals surface area contributed by atoms with Crippen molar-refractivity contribution in [2.24, 2.45) is 0 Å². The summed E-state index contributed by atoms with van der Waals surface area (Å²) in [5.74, 6) is 1.82. The molecule has 1 N–H and O–H groups in total. The van der Waals surface area contributed by atoms with Crippen molar-refractivity contribution in [1.82, 2.24) is 14.9 Å². The molecule has 2 heterocycles. The number of nitrogens with zero attached hydrogens (tertiary/aromatic N) is 3. The van der Waals surface area contributed by atoms with E-state index in [1.807, 2.05) is 4.90 Å². The number of hydrogen-bond acceptors (Lipinski definition) is 4. The van der Waals surface area contributed by atoms with Crippen molar-refractivity contribution in [3.05, 3.63) is 17.0 Å². The Morgan fingerprint density at radius 3 is 3.00 bits per heavy atom. The van der Waals surface area contributed by atoms with Crippen LogP contribution < -0.4 is 5.32 Å². The molecular weight excluding hydrogens is 276 g/mol. The first-order chi connectivity index (χ1) is 9.69. The Balaban J connectivity index is 1.77. The summed E-state index contributed by atoms with van der Waals surface area (Å²) in [6, 6.07) is 1.74. The van der Waals surface area contributed by atoms with Crippen LogP contribution in [0.4, 0.5) is 5.82 Å². The van der Waals surface area contributed by atoms with Gasteiger partial charge in [0, 0.05) is 38.5 Å². The van der Waals surface area contributed by atoms with Gasteiger partial charge in [-0.1, -0.05) is 18.5 Å². The minimum atomic E-state index is 0.278. The fourth-order valence-corrected chi connectivity index (χ4v) is 2.52. The number of aromatic nitrogens is 2. The largest absolute Gasteiger partial charge is 0.370 e. The second-order valence-corrected chi connectivity index (χ2v) is 5.39. The minimum absolute atomic E-state index is 0.278. The minimum Gasteiger partial charge on any atom is -0.370 e. The molecule has 0 unspecified atom stereocenters. The number of halogens is 1. The van der Waals surface area contributed by atoms with Crippen molar-refractivity contribution in [3.8, 4) is 0 Å². The number of carbonyl (C=O) groups excluding carboxylic acids is 1. The molecule has 1 aromatic heterocycles. The lowest BCUT2D eigenvalue weighted by atomic mass is 10.3. The van der Waals surface area contributed by atoms with Crippen LogP contribution in [-0.2, 0) is 11.2 Å². The number of carbonyl (C=O) groups is 1. The Labute approximate surface area is 124 Å². The molecule has 2 rings (SSSR count).